The molecule has 7 heteroatoms. The van der Waals surface area contributed by atoms with Gasteiger partial charge in [0.15, 0.2) is 12.4 Å². The first-order chi connectivity index (χ1) is 15.9. The van der Waals surface area contributed by atoms with E-state index in [-0.39, 0.29) is 12.6 Å². The second kappa shape index (κ2) is 9.09. The van der Waals surface area contributed by atoms with E-state index >= 15 is 0 Å². The van der Waals surface area contributed by atoms with Crippen molar-refractivity contribution in [2.75, 3.05) is 0 Å². The molecule has 0 aliphatic carbocycles. The first kappa shape index (κ1) is 19.4. The van der Waals surface area contributed by atoms with Crippen molar-refractivity contribution >= 4 is 12.2 Å². The quantitative estimate of drug-likeness (QED) is 0.353. The number of nitrogens with zero attached hydrogens (tertiary/aromatic N) is 4. The number of aromatic amines is 1. The number of aromatic nitrogens is 4. The molecule has 0 saturated heterocycles. The molecule has 0 saturated carbocycles. The molecule has 156 valence electrons. The molecule has 0 radical (unpaired) electrons. The van der Waals surface area contributed by atoms with E-state index in [1.54, 1.807) is 6.21 Å². The molecule has 0 unspecified atom stereocenters. The molecule has 7 nitrogen and oxygen atoms in total. The van der Waals surface area contributed by atoms with Crippen LogP contribution in [-0.2, 0) is 6.61 Å². The zero-order valence-electron chi connectivity index (χ0n) is 17.1. The van der Waals surface area contributed by atoms with E-state index in [1.165, 1.54) is 0 Å². The Kier molecular flexibility index (Phi) is 5.53. The van der Waals surface area contributed by atoms with Crippen molar-refractivity contribution in [2.45, 2.75) is 6.61 Å². The van der Waals surface area contributed by atoms with Crippen LogP contribution in [0.5, 0.6) is 5.75 Å². The summed E-state index contributed by atoms with van der Waals surface area (Å²) >= 11 is 0. The zero-order valence-corrected chi connectivity index (χ0v) is 17.1. The minimum absolute atomic E-state index is 0.0903. The highest BCUT2D eigenvalue weighted by Gasteiger charge is 2.19. The molecule has 1 N–H and O–H groups in total. The van der Waals surface area contributed by atoms with Gasteiger partial charge in [-0.2, -0.15) is 5.10 Å². The Labute approximate surface area is 184 Å². The van der Waals surface area contributed by atoms with Crippen molar-refractivity contribution in [3.8, 4) is 28.3 Å². The number of rotatable bonds is 7. The Morgan fingerprint density at radius 3 is 2.19 bits per heavy atom. The summed E-state index contributed by atoms with van der Waals surface area (Å²) in [5, 5.41) is 15.6. The lowest BCUT2D eigenvalue weighted by atomic mass is 10.1. The lowest BCUT2D eigenvalue weighted by Crippen LogP contribution is -1.97. The van der Waals surface area contributed by atoms with Crippen LogP contribution in [-0.4, -0.2) is 26.6 Å². The van der Waals surface area contributed by atoms with E-state index in [1.807, 2.05) is 91.0 Å². The third kappa shape index (κ3) is 4.32. The normalized spacial score (nSPS) is 11.1. The number of ether oxygens (including phenoxy) is 1. The van der Waals surface area contributed by atoms with Crippen molar-refractivity contribution in [3.05, 3.63) is 102 Å². The maximum Gasteiger partial charge on any atom is 0.342 e. The summed E-state index contributed by atoms with van der Waals surface area (Å²) in [6, 6.07) is 29.6. The SMILES string of the molecule is C(=N\c1nnc(COc2c(-c3ccccc3)n[nH]c2-c2ccccc2)o1)/c1ccccc1. The van der Waals surface area contributed by atoms with Gasteiger partial charge in [0.25, 0.3) is 5.89 Å². The number of hydrogen-bond acceptors (Lipinski definition) is 6. The maximum absolute atomic E-state index is 6.14. The van der Waals surface area contributed by atoms with Crippen LogP contribution in [0, 0.1) is 0 Å². The first-order valence-electron chi connectivity index (χ1n) is 10.1. The highest BCUT2D eigenvalue weighted by atomic mass is 16.5. The van der Waals surface area contributed by atoms with Crippen LogP contribution in [0.3, 0.4) is 0 Å². The number of nitrogens with one attached hydrogen (secondary N) is 1. The summed E-state index contributed by atoms with van der Waals surface area (Å²) in [5.41, 5.74) is 4.36. The van der Waals surface area contributed by atoms with Gasteiger partial charge in [-0.05, 0) is 5.56 Å². The smallest absolute Gasteiger partial charge is 0.342 e. The molecular formula is C25H19N5O2. The second-order valence-electron chi connectivity index (χ2n) is 6.94. The molecule has 0 spiro atoms. The Balaban J connectivity index is 1.39. The van der Waals surface area contributed by atoms with E-state index in [0.29, 0.717) is 17.3 Å². The first-order valence-corrected chi connectivity index (χ1v) is 10.1. The van der Waals surface area contributed by atoms with E-state index < -0.39 is 0 Å². The van der Waals surface area contributed by atoms with E-state index in [2.05, 4.69) is 25.4 Å². The Bertz CT molecular complexity index is 1260. The lowest BCUT2D eigenvalue weighted by Gasteiger charge is -2.07. The Morgan fingerprint density at radius 2 is 1.47 bits per heavy atom. The molecule has 5 rings (SSSR count). The third-order valence-corrected chi connectivity index (χ3v) is 4.75. The summed E-state index contributed by atoms with van der Waals surface area (Å²) in [4.78, 5) is 4.23. The average molecular weight is 421 g/mol. The minimum atomic E-state index is 0.0903. The molecule has 0 atom stereocenters. The van der Waals surface area contributed by atoms with Crippen LogP contribution < -0.4 is 4.74 Å². The van der Waals surface area contributed by atoms with Crippen LogP contribution >= 0.6 is 0 Å². The fraction of sp³-hybridized carbons (Fsp3) is 0.0400. The van der Waals surface area contributed by atoms with Crippen molar-refractivity contribution in [1.82, 2.24) is 20.4 Å². The number of H-pyrrole nitrogens is 1. The molecular weight excluding hydrogens is 402 g/mol. The van der Waals surface area contributed by atoms with Crippen LogP contribution in [0.15, 0.2) is 100 Å². The highest BCUT2D eigenvalue weighted by Crippen LogP contribution is 2.37. The van der Waals surface area contributed by atoms with Crippen molar-refractivity contribution < 1.29 is 9.15 Å². The topological polar surface area (TPSA) is 89.2 Å². The summed E-state index contributed by atoms with van der Waals surface area (Å²) in [5.74, 6) is 0.944. The standard InChI is InChI=1S/C25H19N5O2/c1-4-10-18(11-5-1)16-26-25-30-27-21(32-25)17-31-24-22(19-12-6-2-7-13-19)28-29-23(24)20-14-8-3-9-15-20/h1-16H,17H2,(H,28,29)/b26-16+. The van der Waals surface area contributed by atoms with E-state index in [4.69, 9.17) is 9.15 Å². The van der Waals surface area contributed by atoms with Crippen LogP contribution in [0.4, 0.5) is 6.01 Å². The van der Waals surface area contributed by atoms with Gasteiger partial charge >= 0.3 is 6.01 Å². The largest absolute Gasteiger partial charge is 0.479 e. The van der Waals surface area contributed by atoms with Crippen LogP contribution in [0.2, 0.25) is 0 Å². The van der Waals surface area contributed by atoms with Crippen molar-refractivity contribution in [2.24, 2.45) is 4.99 Å². The summed E-state index contributed by atoms with van der Waals surface area (Å²) in [6.45, 7) is 0.0903. The van der Waals surface area contributed by atoms with Gasteiger partial charge in [0.05, 0.1) is 0 Å². The fourth-order valence-electron chi connectivity index (χ4n) is 3.22. The monoisotopic (exact) mass is 421 g/mol. The Hall–Kier alpha value is -4.52. The molecule has 0 aliphatic heterocycles. The summed E-state index contributed by atoms with van der Waals surface area (Å²) in [6.07, 6.45) is 1.68. The number of hydrogen-bond donors (Lipinski definition) is 1. The molecule has 3 aromatic carbocycles. The predicted molar refractivity (Wildman–Crippen MR) is 122 cm³/mol. The molecule has 5 aromatic rings. The van der Waals surface area contributed by atoms with Gasteiger partial charge in [0.2, 0.25) is 0 Å². The third-order valence-electron chi connectivity index (χ3n) is 4.75. The molecule has 0 amide bonds. The molecule has 0 aliphatic rings. The van der Waals surface area contributed by atoms with Gasteiger partial charge in [-0.1, -0.05) is 96.1 Å². The van der Waals surface area contributed by atoms with Gasteiger partial charge in [-0.15, -0.1) is 5.10 Å². The lowest BCUT2D eigenvalue weighted by molar-refractivity contribution is 0.266. The van der Waals surface area contributed by atoms with Gasteiger partial charge in [-0.3, -0.25) is 5.10 Å². The predicted octanol–water partition coefficient (Wildman–Crippen LogP) is 5.46. The fourth-order valence-corrected chi connectivity index (χ4v) is 3.22. The van der Waals surface area contributed by atoms with E-state index in [9.17, 15) is 0 Å². The van der Waals surface area contributed by atoms with Crippen molar-refractivity contribution in [1.29, 1.82) is 0 Å². The average Bonchev–Trinajstić information content (AvgIpc) is 3.50. The van der Waals surface area contributed by atoms with Gasteiger partial charge in [-0.25, -0.2) is 4.99 Å². The molecule has 0 bridgehead atoms. The molecule has 2 heterocycles. The van der Waals surface area contributed by atoms with E-state index in [0.717, 1.165) is 22.4 Å². The van der Waals surface area contributed by atoms with Crippen molar-refractivity contribution in [3.63, 3.8) is 0 Å². The molecule has 2 aromatic heterocycles. The second-order valence-corrected chi connectivity index (χ2v) is 6.94. The minimum Gasteiger partial charge on any atom is -0.479 e. The highest BCUT2D eigenvalue weighted by molar-refractivity contribution is 5.81. The maximum atomic E-state index is 6.14. The zero-order chi connectivity index (χ0) is 21.6. The number of benzene rings is 3. The summed E-state index contributed by atoms with van der Waals surface area (Å²) in [7, 11) is 0. The number of aliphatic imine (C=N–C) groups is 1. The summed E-state index contributed by atoms with van der Waals surface area (Å²) < 4.78 is 11.8. The molecule has 32 heavy (non-hydrogen) atoms. The van der Waals surface area contributed by atoms with Gasteiger partial charge in [0.1, 0.15) is 11.4 Å². The Morgan fingerprint density at radius 1 is 0.812 bits per heavy atom. The van der Waals surface area contributed by atoms with Crippen LogP contribution in [0.1, 0.15) is 11.5 Å². The van der Waals surface area contributed by atoms with Crippen LogP contribution in [0.25, 0.3) is 22.5 Å². The molecule has 0 fully saturated rings. The van der Waals surface area contributed by atoms with Gasteiger partial charge < -0.3 is 9.15 Å². The van der Waals surface area contributed by atoms with Gasteiger partial charge in [0, 0.05) is 17.3 Å².